The summed E-state index contributed by atoms with van der Waals surface area (Å²) in [5, 5.41) is 2.36. The second kappa shape index (κ2) is 5.45. The summed E-state index contributed by atoms with van der Waals surface area (Å²) in [6.45, 7) is 9.62. The van der Waals surface area contributed by atoms with Gasteiger partial charge in [-0.25, -0.2) is 0 Å². The van der Waals surface area contributed by atoms with Crippen molar-refractivity contribution in [1.82, 2.24) is 9.80 Å². The molecule has 0 unspecified atom stereocenters. The summed E-state index contributed by atoms with van der Waals surface area (Å²) in [6, 6.07) is 8.76. The Hall–Kier alpha value is -1.78. The third-order valence-electron chi connectivity index (χ3n) is 4.73. The van der Waals surface area contributed by atoms with Gasteiger partial charge in [-0.1, -0.05) is 38.1 Å². The van der Waals surface area contributed by atoms with Crippen molar-refractivity contribution in [2.24, 2.45) is 0 Å². The first-order valence-electron chi connectivity index (χ1n) is 8.08. The number of hydrogen-bond acceptors (Lipinski definition) is 4. The molecular weight excluding hydrogens is 276 g/mol. The van der Waals surface area contributed by atoms with Gasteiger partial charge >= 0.3 is 0 Å². The van der Waals surface area contributed by atoms with E-state index in [9.17, 15) is 0 Å². The van der Waals surface area contributed by atoms with Gasteiger partial charge in [0.1, 0.15) is 25.0 Å². The van der Waals surface area contributed by atoms with Crippen LogP contribution in [0.15, 0.2) is 24.3 Å². The number of rotatable bonds is 2. The van der Waals surface area contributed by atoms with Crippen molar-refractivity contribution in [1.29, 1.82) is 0 Å². The largest absolute Gasteiger partial charge is 0.477 e. The third-order valence-corrected chi connectivity index (χ3v) is 4.73. The minimum atomic E-state index is 0.671. The molecule has 4 nitrogen and oxygen atoms in total. The van der Waals surface area contributed by atoms with E-state index in [0.29, 0.717) is 13.5 Å². The molecule has 0 amide bonds. The van der Waals surface area contributed by atoms with Crippen LogP contribution in [0.1, 0.15) is 25.0 Å². The quantitative estimate of drug-likeness (QED) is 0.850. The molecule has 0 fully saturated rings. The minimum absolute atomic E-state index is 0.671. The molecule has 0 aliphatic carbocycles. The Morgan fingerprint density at radius 3 is 1.64 bits per heavy atom. The van der Waals surface area contributed by atoms with E-state index in [1.807, 2.05) is 0 Å². The molecule has 0 aromatic heterocycles. The molecule has 116 valence electrons. The summed E-state index contributed by atoms with van der Waals surface area (Å²) in [5.74, 6) is 2.07. The summed E-state index contributed by atoms with van der Waals surface area (Å²) in [6.07, 6.45) is 0. The van der Waals surface area contributed by atoms with Crippen molar-refractivity contribution in [3.8, 4) is 11.5 Å². The van der Waals surface area contributed by atoms with Crippen molar-refractivity contribution in [3.63, 3.8) is 0 Å². The monoisotopic (exact) mass is 298 g/mol. The van der Waals surface area contributed by atoms with E-state index in [1.165, 1.54) is 21.9 Å². The molecule has 2 heterocycles. The first-order chi connectivity index (χ1) is 10.8. The average molecular weight is 298 g/mol. The van der Waals surface area contributed by atoms with Crippen LogP contribution in [0.4, 0.5) is 0 Å². The second-order valence-electron chi connectivity index (χ2n) is 6.04. The molecule has 2 aromatic rings. The van der Waals surface area contributed by atoms with E-state index in [2.05, 4.69) is 47.9 Å². The zero-order valence-electron chi connectivity index (χ0n) is 13.3. The fourth-order valence-electron chi connectivity index (χ4n) is 3.32. The molecule has 0 atom stereocenters. The average Bonchev–Trinajstić information content (AvgIpc) is 2.59. The van der Waals surface area contributed by atoms with Gasteiger partial charge in [0.25, 0.3) is 0 Å². The summed E-state index contributed by atoms with van der Waals surface area (Å²) in [4.78, 5) is 4.59. The highest BCUT2D eigenvalue weighted by atomic mass is 16.5. The topological polar surface area (TPSA) is 24.9 Å². The predicted molar refractivity (Wildman–Crippen MR) is 87.1 cm³/mol. The molecule has 4 rings (SSSR count). The van der Waals surface area contributed by atoms with Gasteiger partial charge in [-0.3, -0.25) is 9.80 Å². The van der Waals surface area contributed by atoms with Crippen molar-refractivity contribution in [2.75, 3.05) is 26.6 Å². The smallest absolute Gasteiger partial charge is 0.142 e. The van der Waals surface area contributed by atoms with Gasteiger partial charge in [0.15, 0.2) is 0 Å². The van der Waals surface area contributed by atoms with E-state index in [0.717, 1.165) is 37.7 Å². The number of fused-ring (bicyclic) bond motifs is 5. The van der Waals surface area contributed by atoms with Crippen LogP contribution in [0.25, 0.3) is 10.8 Å². The molecule has 0 saturated carbocycles. The van der Waals surface area contributed by atoms with Crippen LogP contribution in [-0.4, -0.2) is 36.4 Å². The fraction of sp³-hybridized carbons (Fsp3) is 0.444. The Bertz CT molecular complexity index is 653. The molecule has 2 aromatic carbocycles. The van der Waals surface area contributed by atoms with Crippen molar-refractivity contribution in [3.05, 3.63) is 35.4 Å². The number of ether oxygens (including phenoxy) is 2. The van der Waals surface area contributed by atoms with Gasteiger partial charge in [0, 0.05) is 35.0 Å². The fourth-order valence-corrected chi connectivity index (χ4v) is 3.32. The third kappa shape index (κ3) is 2.14. The van der Waals surface area contributed by atoms with Gasteiger partial charge in [-0.05, 0) is 13.1 Å². The SMILES string of the molecule is CCN1COc2c(ccc3c4c(ccc23)CN(CC)CO4)C1. The lowest BCUT2D eigenvalue weighted by molar-refractivity contribution is 0.101. The van der Waals surface area contributed by atoms with E-state index in [4.69, 9.17) is 9.47 Å². The maximum absolute atomic E-state index is 6.03. The van der Waals surface area contributed by atoms with E-state index in [1.54, 1.807) is 0 Å². The molecule has 0 bridgehead atoms. The summed E-state index contributed by atoms with van der Waals surface area (Å²) < 4.78 is 12.1. The maximum Gasteiger partial charge on any atom is 0.142 e. The predicted octanol–water partition coefficient (Wildman–Crippen LogP) is 3.18. The summed E-state index contributed by atoms with van der Waals surface area (Å²) in [7, 11) is 0. The highest BCUT2D eigenvalue weighted by molar-refractivity contribution is 5.95. The van der Waals surface area contributed by atoms with E-state index >= 15 is 0 Å². The van der Waals surface area contributed by atoms with Gasteiger partial charge in [-0.2, -0.15) is 0 Å². The lowest BCUT2D eigenvalue weighted by atomic mass is 9.99. The van der Waals surface area contributed by atoms with Crippen LogP contribution in [0.5, 0.6) is 11.5 Å². The molecule has 0 N–H and O–H groups in total. The van der Waals surface area contributed by atoms with Crippen molar-refractivity contribution >= 4 is 10.8 Å². The van der Waals surface area contributed by atoms with Gasteiger partial charge < -0.3 is 9.47 Å². The standard InChI is InChI=1S/C18H22N2O2/c1-3-19-9-13-5-7-16-15(17(13)21-11-19)8-6-14-10-20(4-2)12-22-18(14)16/h5-8H,3-4,9-12H2,1-2H3. The molecule has 0 radical (unpaired) electrons. The zero-order chi connectivity index (χ0) is 15.1. The Morgan fingerprint density at radius 2 is 1.23 bits per heavy atom. The molecule has 2 aliphatic heterocycles. The molecule has 0 saturated heterocycles. The van der Waals surface area contributed by atoms with Crippen LogP contribution >= 0.6 is 0 Å². The van der Waals surface area contributed by atoms with Crippen LogP contribution in [0.2, 0.25) is 0 Å². The van der Waals surface area contributed by atoms with Crippen LogP contribution in [0.3, 0.4) is 0 Å². The Labute approximate surface area is 131 Å². The molecule has 0 spiro atoms. The number of benzene rings is 2. The summed E-state index contributed by atoms with van der Waals surface area (Å²) >= 11 is 0. The Balaban J connectivity index is 1.80. The summed E-state index contributed by atoms with van der Waals surface area (Å²) in [5.41, 5.74) is 2.54. The Kier molecular flexibility index (Phi) is 3.43. The van der Waals surface area contributed by atoms with Crippen LogP contribution in [-0.2, 0) is 13.1 Å². The normalized spacial score (nSPS) is 18.5. The highest BCUT2D eigenvalue weighted by Crippen LogP contribution is 2.40. The molecule has 2 aliphatic rings. The van der Waals surface area contributed by atoms with E-state index < -0.39 is 0 Å². The van der Waals surface area contributed by atoms with E-state index in [-0.39, 0.29) is 0 Å². The van der Waals surface area contributed by atoms with Gasteiger partial charge in [0.2, 0.25) is 0 Å². The van der Waals surface area contributed by atoms with Crippen LogP contribution in [0, 0.1) is 0 Å². The molecule has 22 heavy (non-hydrogen) atoms. The van der Waals surface area contributed by atoms with Crippen LogP contribution < -0.4 is 9.47 Å². The maximum atomic E-state index is 6.03. The number of hydrogen-bond donors (Lipinski definition) is 0. The molecular formula is C18H22N2O2. The minimum Gasteiger partial charge on any atom is -0.477 e. The lowest BCUT2D eigenvalue weighted by Gasteiger charge is -2.31. The zero-order valence-corrected chi connectivity index (χ0v) is 13.3. The van der Waals surface area contributed by atoms with Gasteiger partial charge in [-0.15, -0.1) is 0 Å². The molecule has 4 heteroatoms. The second-order valence-corrected chi connectivity index (χ2v) is 6.04. The Morgan fingerprint density at radius 1 is 0.773 bits per heavy atom. The highest BCUT2D eigenvalue weighted by Gasteiger charge is 2.23. The first-order valence-corrected chi connectivity index (χ1v) is 8.08. The number of nitrogens with zero attached hydrogens (tertiary/aromatic N) is 2. The van der Waals surface area contributed by atoms with Crippen molar-refractivity contribution in [2.45, 2.75) is 26.9 Å². The lowest BCUT2D eigenvalue weighted by Crippen LogP contribution is -2.32. The van der Waals surface area contributed by atoms with Crippen molar-refractivity contribution < 1.29 is 9.47 Å². The first kappa shape index (κ1) is 13.9. The van der Waals surface area contributed by atoms with Gasteiger partial charge in [0.05, 0.1) is 0 Å².